The zero-order chi connectivity index (χ0) is 11.6. The van der Waals surface area contributed by atoms with Crippen molar-refractivity contribution in [2.75, 3.05) is 7.05 Å². The normalized spacial score (nSPS) is 10.8. The lowest BCUT2D eigenvalue weighted by Gasteiger charge is -2.25. The SMILES string of the molecule is CN(Cc1cc(Br)cs1)C(=O)C(C)(C)N.Cl. The van der Waals surface area contributed by atoms with Crippen molar-refractivity contribution >= 4 is 45.6 Å². The van der Waals surface area contributed by atoms with E-state index in [0.717, 1.165) is 9.35 Å². The summed E-state index contributed by atoms with van der Waals surface area (Å²) in [5.41, 5.74) is 4.94. The fourth-order valence-corrected chi connectivity index (χ4v) is 2.74. The van der Waals surface area contributed by atoms with E-state index in [2.05, 4.69) is 15.9 Å². The Bertz CT molecular complexity index is 362. The van der Waals surface area contributed by atoms with E-state index >= 15 is 0 Å². The van der Waals surface area contributed by atoms with Gasteiger partial charge >= 0.3 is 0 Å². The molecule has 92 valence electrons. The van der Waals surface area contributed by atoms with Crippen LogP contribution in [-0.4, -0.2) is 23.4 Å². The molecular weight excluding hydrogens is 312 g/mol. The van der Waals surface area contributed by atoms with Gasteiger partial charge in [-0.05, 0) is 35.8 Å². The molecule has 0 bridgehead atoms. The molecule has 6 heteroatoms. The number of rotatable bonds is 3. The molecule has 1 amide bonds. The molecule has 1 aromatic rings. The van der Waals surface area contributed by atoms with Gasteiger partial charge in [0.15, 0.2) is 0 Å². The van der Waals surface area contributed by atoms with E-state index in [1.54, 1.807) is 37.1 Å². The van der Waals surface area contributed by atoms with E-state index < -0.39 is 5.54 Å². The van der Waals surface area contributed by atoms with Crippen LogP contribution in [0.25, 0.3) is 0 Å². The lowest BCUT2D eigenvalue weighted by Crippen LogP contribution is -2.49. The van der Waals surface area contributed by atoms with Crippen molar-refractivity contribution in [3.8, 4) is 0 Å². The van der Waals surface area contributed by atoms with Crippen molar-refractivity contribution in [3.05, 3.63) is 20.8 Å². The fourth-order valence-electron chi connectivity index (χ4n) is 1.23. The molecule has 0 aromatic carbocycles. The van der Waals surface area contributed by atoms with E-state index in [4.69, 9.17) is 5.73 Å². The highest BCUT2D eigenvalue weighted by atomic mass is 79.9. The van der Waals surface area contributed by atoms with Gasteiger partial charge in [0.1, 0.15) is 0 Å². The summed E-state index contributed by atoms with van der Waals surface area (Å²) in [6, 6.07) is 2.01. The van der Waals surface area contributed by atoms with Crippen LogP contribution < -0.4 is 5.73 Å². The Morgan fingerprint density at radius 1 is 1.62 bits per heavy atom. The smallest absolute Gasteiger partial charge is 0.242 e. The average Bonchev–Trinajstić information content (AvgIpc) is 2.48. The van der Waals surface area contributed by atoms with Crippen LogP contribution in [-0.2, 0) is 11.3 Å². The average molecular weight is 328 g/mol. The van der Waals surface area contributed by atoms with Gasteiger partial charge in [0.25, 0.3) is 0 Å². The number of halogens is 2. The summed E-state index contributed by atoms with van der Waals surface area (Å²) in [5, 5.41) is 2.00. The van der Waals surface area contributed by atoms with E-state index in [1.807, 2.05) is 11.4 Å². The molecule has 0 aliphatic carbocycles. The largest absolute Gasteiger partial charge is 0.339 e. The van der Waals surface area contributed by atoms with Gasteiger partial charge in [-0.25, -0.2) is 0 Å². The maximum Gasteiger partial charge on any atom is 0.242 e. The van der Waals surface area contributed by atoms with Gasteiger partial charge < -0.3 is 10.6 Å². The van der Waals surface area contributed by atoms with Gasteiger partial charge in [-0.2, -0.15) is 0 Å². The molecule has 0 saturated carbocycles. The minimum atomic E-state index is -0.802. The molecular formula is C10H16BrClN2OS. The second kappa shape index (κ2) is 6.00. The number of thiophene rings is 1. The first-order valence-corrected chi connectivity index (χ1v) is 6.25. The van der Waals surface area contributed by atoms with E-state index in [1.165, 1.54) is 0 Å². The number of nitrogens with two attached hydrogens (primary N) is 1. The predicted octanol–water partition coefficient (Wildman–Crippen LogP) is 2.63. The molecule has 1 heterocycles. The minimum absolute atomic E-state index is 0. The van der Waals surface area contributed by atoms with Crippen LogP contribution in [0.15, 0.2) is 15.9 Å². The predicted molar refractivity (Wildman–Crippen MR) is 74.0 cm³/mol. The number of amides is 1. The van der Waals surface area contributed by atoms with E-state index in [0.29, 0.717) is 6.54 Å². The molecule has 0 aliphatic heterocycles. The van der Waals surface area contributed by atoms with Crippen LogP contribution in [0.2, 0.25) is 0 Å². The van der Waals surface area contributed by atoms with Crippen LogP contribution in [0, 0.1) is 0 Å². The van der Waals surface area contributed by atoms with Gasteiger partial charge in [0, 0.05) is 21.8 Å². The number of carbonyl (C=O) groups excluding carboxylic acids is 1. The van der Waals surface area contributed by atoms with Crippen molar-refractivity contribution in [1.82, 2.24) is 4.90 Å². The van der Waals surface area contributed by atoms with Gasteiger partial charge in [-0.3, -0.25) is 4.79 Å². The Kier molecular flexibility index (Phi) is 5.96. The number of hydrogen-bond acceptors (Lipinski definition) is 3. The van der Waals surface area contributed by atoms with Crippen molar-refractivity contribution in [3.63, 3.8) is 0 Å². The summed E-state index contributed by atoms with van der Waals surface area (Å²) >= 11 is 5.01. The highest BCUT2D eigenvalue weighted by Crippen LogP contribution is 2.21. The zero-order valence-corrected chi connectivity index (χ0v) is 12.7. The van der Waals surface area contributed by atoms with Gasteiger partial charge in [-0.1, -0.05) is 0 Å². The molecule has 0 spiro atoms. The number of nitrogens with zero attached hydrogens (tertiary/aromatic N) is 1. The van der Waals surface area contributed by atoms with Crippen LogP contribution in [0.3, 0.4) is 0 Å². The fraction of sp³-hybridized carbons (Fsp3) is 0.500. The van der Waals surface area contributed by atoms with Gasteiger partial charge in [0.05, 0.1) is 12.1 Å². The lowest BCUT2D eigenvalue weighted by molar-refractivity contribution is -0.134. The third-order valence-electron chi connectivity index (χ3n) is 1.91. The first-order chi connectivity index (χ1) is 6.80. The second-order valence-corrected chi connectivity index (χ2v) is 6.03. The first-order valence-electron chi connectivity index (χ1n) is 4.58. The molecule has 0 aliphatic rings. The molecule has 3 nitrogen and oxygen atoms in total. The topological polar surface area (TPSA) is 46.3 Å². The second-order valence-electron chi connectivity index (χ2n) is 4.11. The zero-order valence-electron chi connectivity index (χ0n) is 9.49. The van der Waals surface area contributed by atoms with Crippen LogP contribution in [0.1, 0.15) is 18.7 Å². The lowest BCUT2D eigenvalue weighted by atomic mass is 10.1. The molecule has 1 rings (SSSR count). The molecule has 0 fully saturated rings. The highest BCUT2D eigenvalue weighted by Gasteiger charge is 2.25. The summed E-state index contributed by atoms with van der Waals surface area (Å²) in [4.78, 5) is 14.6. The summed E-state index contributed by atoms with van der Waals surface area (Å²) < 4.78 is 1.05. The molecule has 0 radical (unpaired) electrons. The Morgan fingerprint density at radius 2 is 2.19 bits per heavy atom. The van der Waals surface area contributed by atoms with Crippen molar-refractivity contribution in [2.24, 2.45) is 5.73 Å². The van der Waals surface area contributed by atoms with Crippen molar-refractivity contribution in [1.29, 1.82) is 0 Å². The molecule has 1 aromatic heterocycles. The first kappa shape index (κ1) is 15.9. The molecule has 0 unspecified atom stereocenters. The van der Waals surface area contributed by atoms with Crippen LogP contribution in [0.4, 0.5) is 0 Å². The minimum Gasteiger partial charge on any atom is -0.339 e. The number of carbonyl (C=O) groups is 1. The Balaban J connectivity index is 0.00000225. The molecule has 0 saturated heterocycles. The quantitative estimate of drug-likeness (QED) is 0.927. The van der Waals surface area contributed by atoms with Crippen LogP contribution >= 0.6 is 39.7 Å². The summed E-state index contributed by atoms with van der Waals surface area (Å²) in [5.74, 6) is -0.0491. The summed E-state index contributed by atoms with van der Waals surface area (Å²) in [6.45, 7) is 4.04. The highest BCUT2D eigenvalue weighted by molar-refractivity contribution is 9.10. The standard InChI is InChI=1S/C10H15BrN2OS.ClH/c1-10(2,12)9(14)13(3)5-8-4-7(11)6-15-8;/h4,6H,5,12H2,1-3H3;1H. The Morgan fingerprint density at radius 3 is 2.56 bits per heavy atom. The molecule has 2 N–H and O–H groups in total. The third kappa shape index (κ3) is 4.41. The maximum atomic E-state index is 11.8. The maximum absolute atomic E-state index is 11.8. The van der Waals surface area contributed by atoms with Gasteiger partial charge in [0.2, 0.25) is 5.91 Å². The van der Waals surface area contributed by atoms with Crippen molar-refractivity contribution < 1.29 is 4.79 Å². The monoisotopic (exact) mass is 326 g/mol. The number of likely N-dealkylation sites (N-methyl/N-ethyl adjacent to an activating group) is 1. The molecule has 0 atom stereocenters. The summed E-state index contributed by atoms with van der Waals surface area (Å²) in [7, 11) is 1.77. The number of hydrogen-bond donors (Lipinski definition) is 1. The summed E-state index contributed by atoms with van der Waals surface area (Å²) in [6.07, 6.45) is 0. The molecule has 16 heavy (non-hydrogen) atoms. The van der Waals surface area contributed by atoms with Crippen LogP contribution in [0.5, 0.6) is 0 Å². The Labute approximate surface area is 115 Å². The van der Waals surface area contributed by atoms with E-state index in [-0.39, 0.29) is 18.3 Å². The van der Waals surface area contributed by atoms with Crippen molar-refractivity contribution in [2.45, 2.75) is 25.9 Å². The third-order valence-corrected chi connectivity index (χ3v) is 3.60. The Hall–Kier alpha value is -0.100. The van der Waals surface area contributed by atoms with Gasteiger partial charge in [-0.15, -0.1) is 23.7 Å². The van der Waals surface area contributed by atoms with E-state index in [9.17, 15) is 4.79 Å².